The maximum Gasteiger partial charge on any atom is 0.307 e. The molecule has 11 heavy (non-hydrogen) atoms. The quantitative estimate of drug-likeness (QED) is 0.627. The van der Waals surface area contributed by atoms with Crippen LogP contribution in [-0.4, -0.2) is 11.1 Å². The summed E-state index contributed by atoms with van der Waals surface area (Å²) in [5.41, 5.74) is 0.268. The van der Waals surface area contributed by atoms with E-state index < -0.39 is 5.97 Å². The fraction of sp³-hybridized carbons (Fsp3) is 0.889. The number of hydrogen-bond acceptors (Lipinski definition) is 1. The summed E-state index contributed by atoms with van der Waals surface area (Å²) in [6.07, 6.45) is 7.12. The van der Waals surface area contributed by atoms with E-state index in [2.05, 4.69) is 0 Å². The Balaban J connectivity index is 1.99. The lowest BCUT2D eigenvalue weighted by molar-refractivity contribution is -0.139. The second-order valence-corrected chi connectivity index (χ2v) is 4.02. The molecule has 0 radical (unpaired) electrons. The second kappa shape index (κ2) is 2.23. The average Bonchev–Trinajstić information content (AvgIpc) is 2.66. The van der Waals surface area contributed by atoms with Gasteiger partial charge < -0.3 is 5.11 Å². The van der Waals surface area contributed by atoms with E-state index in [0.717, 1.165) is 6.42 Å². The van der Waals surface area contributed by atoms with E-state index in [0.29, 0.717) is 0 Å². The Bertz CT molecular complexity index is 180. The molecular weight excluding hydrogens is 140 g/mol. The van der Waals surface area contributed by atoms with Gasteiger partial charge in [-0.15, -0.1) is 0 Å². The smallest absolute Gasteiger partial charge is 0.307 e. The maximum absolute atomic E-state index is 10.6. The van der Waals surface area contributed by atoms with E-state index in [4.69, 9.17) is 5.11 Å². The number of carboxylic acid groups (broad SMARTS) is 1. The van der Waals surface area contributed by atoms with Crippen molar-refractivity contribution in [2.75, 3.05) is 0 Å². The molecule has 2 fully saturated rings. The van der Waals surface area contributed by atoms with Crippen LogP contribution in [0.3, 0.4) is 0 Å². The summed E-state index contributed by atoms with van der Waals surface area (Å²) in [6.45, 7) is 0. The lowest BCUT2D eigenvalue weighted by Gasteiger charge is -2.20. The molecule has 1 atom stereocenters. The zero-order valence-electron chi connectivity index (χ0n) is 6.68. The minimum absolute atomic E-state index is 0.0165. The molecule has 2 saturated carbocycles. The van der Waals surface area contributed by atoms with Gasteiger partial charge in [-0.2, -0.15) is 0 Å². The number of carboxylic acids is 1. The first kappa shape index (κ1) is 7.14. The van der Waals surface area contributed by atoms with Gasteiger partial charge in [0.05, 0.1) is 5.92 Å². The Labute approximate surface area is 66.6 Å². The van der Waals surface area contributed by atoms with Gasteiger partial charge in [0.15, 0.2) is 0 Å². The summed E-state index contributed by atoms with van der Waals surface area (Å²) >= 11 is 0. The van der Waals surface area contributed by atoms with Crippen molar-refractivity contribution < 1.29 is 9.90 Å². The van der Waals surface area contributed by atoms with Crippen LogP contribution in [0.25, 0.3) is 0 Å². The van der Waals surface area contributed by atoms with Crippen molar-refractivity contribution in [2.45, 2.75) is 38.5 Å². The van der Waals surface area contributed by atoms with Gasteiger partial charge in [0.2, 0.25) is 0 Å². The Morgan fingerprint density at radius 1 is 1.27 bits per heavy atom. The summed E-state index contributed by atoms with van der Waals surface area (Å²) in [4.78, 5) is 10.6. The molecule has 0 aromatic heterocycles. The zero-order valence-corrected chi connectivity index (χ0v) is 6.68. The van der Waals surface area contributed by atoms with Crippen molar-refractivity contribution in [1.29, 1.82) is 0 Å². The molecule has 1 spiro atoms. The monoisotopic (exact) mass is 154 g/mol. The highest BCUT2D eigenvalue weighted by atomic mass is 16.4. The molecule has 0 aromatic carbocycles. The van der Waals surface area contributed by atoms with E-state index in [-0.39, 0.29) is 11.3 Å². The van der Waals surface area contributed by atoms with Gasteiger partial charge in [-0.1, -0.05) is 19.3 Å². The first-order chi connectivity index (χ1) is 5.25. The molecule has 2 nitrogen and oxygen atoms in total. The molecule has 2 aliphatic carbocycles. The van der Waals surface area contributed by atoms with E-state index in [1.165, 1.54) is 32.1 Å². The number of rotatable bonds is 1. The van der Waals surface area contributed by atoms with Gasteiger partial charge in [-0.05, 0) is 24.7 Å². The van der Waals surface area contributed by atoms with Crippen molar-refractivity contribution in [2.24, 2.45) is 11.3 Å². The molecule has 0 heterocycles. The fourth-order valence-corrected chi connectivity index (χ4v) is 2.51. The maximum atomic E-state index is 10.6. The Kier molecular flexibility index (Phi) is 1.44. The summed E-state index contributed by atoms with van der Waals surface area (Å²) in [5, 5.41) is 8.77. The minimum atomic E-state index is -0.563. The topological polar surface area (TPSA) is 37.3 Å². The van der Waals surface area contributed by atoms with Crippen LogP contribution in [0.1, 0.15) is 38.5 Å². The molecule has 1 N–H and O–H groups in total. The van der Waals surface area contributed by atoms with E-state index in [1.54, 1.807) is 0 Å². The van der Waals surface area contributed by atoms with Crippen molar-refractivity contribution >= 4 is 5.97 Å². The molecular formula is C9H14O2. The van der Waals surface area contributed by atoms with Gasteiger partial charge in [0, 0.05) is 0 Å². The lowest BCUT2D eigenvalue weighted by Crippen LogP contribution is -2.13. The van der Waals surface area contributed by atoms with Crippen molar-refractivity contribution in [3.8, 4) is 0 Å². The SMILES string of the molecule is O=C(O)[C@@H]1CC12CCCCC2. The summed E-state index contributed by atoms with van der Waals surface area (Å²) in [7, 11) is 0. The number of carbonyl (C=O) groups is 1. The minimum Gasteiger partial charge on any atom is -0.481 e. The molecule has 0 aromatic rings. The molecule has 2 aliphatic rings. The van der Waals surface area contributed by atoms with Crippen LogP contribution in [0.5, 0.6) is 0 Å². The Morgan fingerprint density at radius 2 is 1.91 bits per heavy atom. The number of hydrogen-bond donors (Lipinski definition) is 1. The van der Waals surface area contributed by atoms with Gasteiger partial charge >= 0.3 is 5.97 Å². The fourth-order valence-electron chi connectivity index (χ4n) is 2.51. The predicted molar refractivity (Wildman–Crippen MR) is 41.3 cm³/mol. The lowest BCUT2D eigenvalue weighted by atomic mass is 9.84. The van der Waals surface area contributed by atoms with Gasteiger partial charge in [-0.3, -0.25) is 4.79 Å². The molecule has 0 amide bonds. The molecule has 0 aliphatic heterocycles. The summed E-state index contributed by atoms with van der Waals surface area (Å²) in [6, 6.07) is 0. The summed E-state index contributed by atoms with van der Waals surface area (Å²) in [5.74, 6) is -0.547. The third-order valence-corrected chi connectivity index (χ3v) is 3.34. The van der Waals surface area contributed by atoms with Crippen LogP contribution in [-0.2, 0) is 4.79 Å². The molecule has 0 unspecified atom stereocenters. The summed E-state index contributed by atoms with van der Waals surface area (Å²) < 4.78 is 0. The van der Waals surface area contributed by atoms with E-state index in [9.17, 15) is 4.79 Å². The number of aliphatic carboxylic acids is 1. The average molecular weight is 154 g/mol. The van der Waals surface area contributed by atoms with Crippen LogP contribution >= 0.6 is 0 Å². The van der Waals surface area contributed by atoms with Crippen LogP contribution in [0.2, 0.25) is 0 Å². The van der Waals surface area contributed by atoms with Crippen molar-refractivity contribution in [1.82, 2.24) is 0 Å². The van der Waals surface area contributed by atoms with Crippen molar-refractivity contribution in [3.05, 3.63) is 0 Å². The first-order valence-corrected chi connectivity index (χ1v) is 4.47. The molecule has 2 heteroatoms. The van der Waals surface area contributed by atoms with Crippen LogP contribution in [0, 0.1) is 11.3 Å². The second-order valence-electron chi connectivity index (χ2n) is 4.02. The predicted octanol–water partition coefficient (Wildman–Crippen LogP) is 2.04. The van der Waals surface area contributed by atoms with Crippen molar-refractivity contribution in [3.63, 3.8) is 0 Å². The molecule has 0 bridgehead atoms. The normalized spacial score (nSPS) is 33.6. The third-order valence-electron chi connectivity index (χ3n) is 3.34. The van der Waals surface area contributed by atoms with E-state index in [1.807, 2.05) is 0 Å². The highest BCUT2D eigenvalue weighted by Crippen LogP contribution is 2.61. The standard InChI is InChI=1S/C9H14O2/c10-8(11)7-6-9(7)4-2-1-3-5-9/h7H,1-6H2,(H,10,11)/t7-/m0/s1. The van der Waals surface area contributed by atoms with Crippen LogP contribution in [0.4, 0.5) is 0 Å². The first-order valence-electron chi connectivity index (χ1n) is 4.47. The van der Waals surface area contributed by atoms with Gasteiger partial charge in [0.25, 0.3) is 0 Å². The highest BCUT2D eigenvalue weighted by Gasteiger charge is 2.57. The molecule has 0 saturated heterocycles. The zero-order chi connectivity index (χ0) is 7.90. The Hall–Kier alpha value is -0.530. The molecule has 62 valence electrons. The van der Waals surface area contributed by atoms with Gasteiger partial charge in [-0.25, -0.2) is 0 Å². The van der Waals surface area contributed by atoms with E-state index >= 15 is 0 Å². The van der Waals surface area contributed by atoms with Crippen LogP contribution < -0.4 is 0 Å². The van der Waals surface area contributed by atoms with Crippen LogP contribution in [0.15, 0.2) is 0 Å². The Morgan fingerprint density at radius 3 is 2.36 bits per heavy atom. The largest absolute Gasteiger partial charge is 0.481 e. The third kappa shape index (κ3) is 1.05. The highest BCUT2D eigenvalue weighted by molar-refractivity contribution is 5.74. The molecule has 2 rings (SSSR count). The van der Waals surface area contributed by atoms with Gasteiger partial charge in [0.1, 0.15) is 0 Å².